The Bertz CT molecular complexity index is 156. The van der Waals surface area contributed by atoms with Crippen LogP contribution in [0.5, 0.6) is 0 Å². The van der Waals surface area contributed by atoms with Gasteiger partial charge in [0.1, 0.15) is 6.54 Å². The zero-order valence-corrected chi connectivity index (χ0v) is 8.95. The third-order valence-electron chi connectivity index (χ3n) is 2.16. The van der Waals surface area contributed by atoms with Gasteiger partial charge in [-0.1, -0.05) is 13.8 Å². The molecular weight excluding hydrogens is 168 g/mol. The maximum absolute atomic E-state index is 11.2. The van der Waals surface area contributed by atoms with Crippen molar-refractivity contribution in [1.82, 2.24) is 9.96 Å². The van der Waals surface area contributed by atoms with Crippen LogP contribution in [-0.2, 0) is 4.79 Å². The lowest BCUT2D eigenvalue weighted by atomic mass is 10.1. The van der Waals surface area contributed by atoms with Crippen LogP contribution in [-0.4, -0.2) is 47.8 Å². The van der Waals surface area contributed by atoms with Gasteiger partial charge in [0.05, 0.1) is 0 Å². The molecule has 13 heavy (non-hydrogen) atoms. The molecular formula is C9H20N2O2. The number of nitrogens with zero attached hydrogens (tertiary/aromatic N) is 2. The number of hydrogen-bond donors (Lipinski definition) is 1. The lowest BCUT2D eigenvalue weighted by Gasteiger charge is -2.24. The summed E-state index contributed by atoms with van der Waals surface area (Å²) in [6.07, 6.45) is 1.71. The van der Waals surface area contributed by atoms with Gasteiger partial charge in [0.15, 0.2) is 0 Å². The van der Waals surface area contributed by atoms with Crippen molar-refractivity contribution < 1.29 is 10.0 Å². The monoisotopic (exact) mass is 188 g/mol. The maximum Gasteiger partial charge on any atom is 0.238 e. The van der Waals surface area contributed by atoms with Crippen molar-refractivity contribution >= 4 is 5.91 Å². The molecule has 4 heteroatoms. The molecule has 0 bridgehead atoms. The Hall–Kier alpha value is -0.610. The fraction of sp³-hybridized carbons (Fsp3) is 0.889. The number of amides is 1. The molecule has 0 atom stereocenters. The first kappa shape index (κ1) is 12.4. The van der Waals surface area contributed by atoms with Crippen LogP contribution in [0.4, 0.5) is 0 Å². The van der Waals surface area contributed by atoms with Gasteiger partial charge in [0.2, 0.25) is 5.91 Å². The lowest BCUT2D eigenvalue weighted by Crippen LogP contribution is -2.40. The van der Waals surface area contributed by atoms with Crippen molar-refractivity contribution in [3.63, 3.8) is 0 Å². The molecule has 0 saturated heterocycles. The predicted octanol–water partition coefficient (Wildman–Crippen LogP) is 0.954. The van der Waals surface area contributed by atoms with Crippen LogP contribution in [0, 0.1) is 0 Å². The first-order valence-electron chi connectivity index (χ1n) is 4.68. The highest BCUT2D eigenvalue weighted by Gasteiger charge is 2.16. The second-order valence-electron chi connectivity index (χ2n) is 3.36. The number of rotatable bonds is 5. The van der Waals surface area contributed by atoms with Crippen LogP contribution in [0.3, 0.4) is 0 Å². The van der Waals surface area contributed by atoms with E-state index in [4.69, 9.17) is 0 Å². The van der Waals surface area contributed by atoms with Gasteiger partial charge in [-0.05, 0) is 12.8 Å². The standard InChI is InChI=1S/C9H20N2O2/c1-5-8(6-2)11(13)7-9(12)10(3)4/h8,13H,5-7H2,1-4H3. The van der Waals surface area contributed by atoms with Crippen LogP contribution in [0.1, 0.15) is 26.7 Å². The molecule has 1 N–H and O–H groups in total. The van der Waals surface area contributed by atoms with E-state index < -0.39 is 0 Å². The van der Waals surface area contributed by atoms with Gasteiger partial charge in [-0.25, -0.2) is 0 Å². The fourth-order valence-electron chi connectivity index (χ4n) is 1.12. The number of carbonyl (C=O) groups excluding carboxylic acids is 1. The minimum atomic E-state index is -0.0746. The zero-order valence-electron chi connectivity index (χ0n) is 8.95. The quantitative estimate of drug-likeness (QED) is 0.653. The third kappa shape index (κ3) is 4.24. The number of hydroxylamine groups is 2. The Morgan fingerprint density at radius 1 is 1.31 bits per heavy atom. The summed E-state index contributed by atoms with van der Waals surface area (Å²) in [5, 5.41) is 10.6. The first-order valence-corrected chi connectivity index (χ1v) is 4.68. The molecule has 0 radical (unpaired) electrons. The average Bonchev–Trinajstić information content (AvgIpc) is 2.06. The van der Waals surface area contributed by atoms with Crippen LogP contribution in [0.15, 0.2) is 0 Å². The highest BCUT2D eigenvalue weighted by molar-refractivity contribution is 5.77. The van der Waals surface area contributed by atoms with Gasteiger partial charge in [-0.15, -0.1) is 0 Å². The van der Waals surface area contributed by atoms with E-state index in [9.17, 15) is 10.0 Å². The highest BCUT2D eigenvalue weighted by atomic mass is 16.5. The van der Waals surface area contributed by atoms with Gasteiger partial charge in [0.25, 0.3) is 0 Å². The molecule has 4 nitrogen and oxygen atoms in total. The van der Waals surface area contributed by atoms with Gasteiger partial charge in [-0.3, -0.25) is 4.79 Å². The van der Waals surface area contributed by atoms with Crippen molar-refractivity contribution in [3.8, 4) is 0 Å². The van der Waals surface area contributed by atoms with Gasteiger partial charge in [-0.2, -0.15) is 5.06 Å². The number of likely N-dealkylation sites (N-methyl/N-ethyl adjacent to an activating group) is 1. The largest absolute Gasteiger partial charge is 0.348 e. The second-order valence-corrected chi connectivity index (χ2v) is 3.36. The van der Waals surface area contributed by atoms with Crippen LogP contribution in [0.2, 0.25) is 0 Å². The van der Waals surface area contributed by atoms with Gasteiger partial charge in [0, 0.05) is 20.1 Å². The van der Waals surface area contributed by atoms with Crippen molar-refractivity contribution in [2.24, 2.45) is 0 Å². The molecule has 0 unspecified atom stereocenters. The van der Waals surface area contributed by atoms with E-state index in [-0.39, 0.29) is 18.5 Å². The molecule has 0 rings (SSSR count). The molecule has 78 valence electrons. The van der Waals surface area contributed by atoms with Crippen molar-refractivity contribution in [2.45, 2.75) is 32.7 Å². The summed E-state index contributed by atoms with van der Waals surface area (Å²) in [6.45, 7) is 4.08. The van der Waals surface area contributed by atoms with Crippen molar-refractivity contribution in [2.75, 3.05) is 20.6 Å². The molecule has 0 heterocycles. The van der Waals surface area contributed by atoms with E-state index in [1.807, 2.05) is 13.8 Å². The SMILES string of the molecule is CCC(CC)N(O)CC(=O)N(C)C. The normalized spacial score (nSPS) is 11.0. The van der Waals surface area contributed by atoms with Crippen molar-refractivity contribution in [3.05, 3.63) is 0 Å². The predicted molar refractivity (Wildman–Crippen MR) is 51.6 cm³/mol. The van der Waals surface area contributed by atoms with Gasteiger partial charge < -0.3 is 10.1 Å². The summed E-state index contributed by atoms with van der Waals surface area (Å²) >= 11 is 0. The number of hydrogen-bond acceptors (Lipinski definition) is 3. The Balaban J connectivity index is 3.97. The van der Waals surface area contributed by atoms with E-state index in [0.29, 0.717) is 0 Å². The molecule has 0 aliphatic heterocycles. The summed E-state index contributed by atoms with van der Waals surface area (Å²) in [7, 11) is 3.37. The molecule has 0 spiro atoms. The zero-order chi connectivity index (χ0) is 10.4. The number of carbonyl (C=O) groups is 1. The molecule has 0 aromatic carbocycles. The molecule has 1 amide bonds. The Kier molecular flexibility index (Phi) is 5.66. The summed E-state index contributed by atoms with van der Waals surface area (Å²) in [6, 6.07) is 0.0869. The smallest absolute Gasteiger partial charge is 0.238 e. The molecule has 0 saturated carbocycles. The van der Waals surface area contributed by atoms with E-state index in [1.54, 1.807) is 14.1 Å². The molecule has 0 aliphatic carbocycles. The van der Waals surface area contributed by atoms with Crippen LogP contribution in [0.25, 0.3) is 0 Å². The molecule has 0 aromatic heterocycles. The van der Waals surface area contributed by atoms with Crippen LogP contribution < -0.4 is 0 Å². The second kappa shape index (κ2) is 5.94. The van der Waals surface area contributed by atoms with E-state index in [0.717, 1.165) is 17.9 Å². The topological polar surface area (TPSA) is 43.8 Å². The minimum absolute atomic E-state index is 0.0746. The lowest BCUT2D eigenvalue weighted by molar-refractivity contribution is -0.156. The minimum Gasteiger partial charge on any atom is -0.348 e. The Labute approximate surface area is 80.1 Å². The van der Waals surface area contributed by atoms with Gasteiger partial charge >= 0.3 is 0 Å². The average molecular weight is 188 g/mol. The Morgan fingerprint density at radius 3 is 2.08 bits per heavy atom. The van der Waals surface area contributed by atoms with Crippen LogP contribution >= 0.6 is 0 Å². The highest BCUT2D eigenvalue weighted by Crippen LogP contribution is 2.05. The molecule has 0 fully saturated rings. The summed E-state index contributed by atoms with van der Waals surface area (Å²) < 4.78 is 0. The summed E-state index contributed by atoms with van der Waals surface area (Å²) in [5.41, 5.74) is 0. The Morgan fingerprint density at radius 2 is 1.77 bits per heavy atom. The summed E-state index contributed by atoms with van der Waals surface area (Å²) in [4.78, 5) is 12.7. The van der Waals surface area contributed by atoms with Crippen molar-refractivity contribution in [1.29, 1.82) is 0 Å². The maximum atomic E-state index is 11.2. The summed E-state index contributed by atoms with van der Waals surface area (Å²) in [5.74, 6) is -0.0746. The molecule has 0 aromatic rings. The first-order chi connectivity index (χ1) is 6.02. The fourth-order valence-corrected chi connectivity index (χ4v) is 1.12. The molecule has 0 aliphatic rings. The van der Waals surface area contributed by atoms with E-state index in [2.05, 4.69) is 0 Å². The third-order valence-corrected chi connectivity index (χ3v) is 2.16. The van der Waals surface area contributed by atoms with E-state index >= 15 is 0 Å². The van der Waals surface area contributed by atoms with E-state index in [1.165, 1.54) is 4.90 Å².